The molecular weight excluding hydrogens is 291 g/mol. The number of nitrogens with zero attached hydrogens (tertiary/aromatic N) is 1. The van der Waals surface area contributed by atoms with Gasteiger partial charge in [0.25, 0.3) is 0 Å². The third-order valence-electron chi connectivity index (χ3n) is 3.58. The van der Waals surface area contributed by atoms with E-state index in [4.69, 9.17) is 0 Å². The molecule has 0 aliphatic heterocycles. The highest BCUT2D eigenvalue weighted by Crippen LogP contribution is 2.22. The average Bonchev–Trinajstić information content (AvgIpc) is 2.50. The van der Waals surface area contributed by atoms with Crippen LogP contribution in [0.3, 0.4) is 0 Å². The van der Waals surface area contributed by atoms with Crippen LogP contribution in [-0.4, -0.2) is 4.57 Å². The number of pyridine rings is 1. The number of benzene rings is 2. The molecule has 2 aromatic carbocycles. The monoisotopic (exact) mass is 303 g/mol. The standard InChI is InChI=1S/C17H12F3NO/c1-2-11-7-17(22)13-8-14(19)15(20)9-16(13)21(11)12-5-3-10(18)4-6-12/h3-9H,2H2,1H3. The number of hydrogen-bond acceptors (Lipinski definition) is 1. The number of fused-ring (bicyclic) bond motifs is 1. The molecule has 0 N–H and O–H groups in total. The van der Waals surface area contributed by atoms with Gasteiger partial charge in [-0.3, -0.25) is 4.79 Å². The molecule has 1 aromatic heterocycles. The van der Waals surface area contributed by atoms with Gasteiger partial charge in [-0.1, -0.05) is 6.92 Å². The smallest absolute Gasteiger partial charge is 0.189 e. The highest BCUT2D eigenvalue weighted by molar-refractivity contribution is 5.81. The lowest BCUT2D eigenvalue weighted by molar-refractivity contribution is 0.510. The van der Waals surface area contributed by atoms with Crippen molar-refractivity contribution in [3.05, 3.63) is 75.8 Å². The normalized spacial score (nSPS) is 11.1. The zero-order chi connectivity index (χ0) is 15.9. The van der Waals surface area contributed by atoms with Crippen LogP contribution in [0.15, 0.2) is 47.3 Å². The van der Waals surface area contributed by atoms with Crippen molar-refractivity contribution in [1.82, 2.24) is 4.57 Å². The van der Waals surface area contributed by atoms with Gasteiger partial charge >= 0.3 is 0 Å². The van der Waals surface area contributed by atoms with E-state index in [0.29, 0.717) is 17.8 Å². The van der Waals surface area contributed by atoms with Gasteiger partial charge in [0.15, 0.2) is 17.1 Å². The second kappa shape index (κ2) is 5.33. The molecule has 0 saturated carbocycles. The zero-order valence-corrected chi connectivity index (χ0v) is 11.7. The van der Waals surface area contributed by atoms with E-state index < -0.39 is 17.5 Å². The first-order valence-electron chi connectivity index (χ1n) is 6.81. The Morgan fingerprint density at radius 2 is 1.59 bits per heavy atom. The minimum atomic E-state index is -1.07. The van der Waals surface area contributed by atoms with Gasteiger partial charge in [-0.15, -0.1) is 0 Å². The van der Waals surface area contributed by atoms with Crippen molar-refractivity contribution in [1.29, 1.82) is 0 Å². The molecule has 0 saturated heterocycles. The van der Waals surface area contributed by atoms with Gasteiger partial charge in [-0.2, -0.15) is 0 Å². The second-order valence-electron chi connectivity index (χ2n) is 4.95. The Labute approximate surface area is 124 Å². The van der Waals surface area contributed by atoms with Crippen LogP contribution in [0.1, 0.15) is 12.6 Å². The SMILES string of the molecule is CCc1cc(=O)c2cc(F)c(F)cc2n1-c1ccc(F)cc1. The molecule has 112 valence electrons. The highest BCUT2D eigenvalue weighted by atomic mass is 19.2. The van der Waals surface area contributed by atoms with Gasteiger partial charge in [-0.25, -0.2) is 13.2 Å². The summed E-state index contributed by atoms with van der Waals surface area (Å²) in [7, 11) is 0. The molecule has 0 amide bonds. The van der Waals surface area contributed by atoms with Gasteiger partial charge in [0, 0.05) is 28.9 Å². The van der Waals surface area contributed by atoms with Gasteiger partial charge in [-0.05, 0) is 36.8 Å². The maximum atomic E-state index is 13.6. The maximum absolute atomic E-state index is 13.6. The molecule has 0 atom stereocenters. The molecular formula is C17H12F3NO. The zero-order valence-electron chi connectivity index (χ0n) is 11.7. The fraction of sp³-hybridized carbons (Fsp3) is 0.118. The molecule has 1 heterocycles. The molecule has 0 fully saturated rings. The van der Waals surface area contributed by atoms with Gasteiger partial charge in [0.1, 0.15) is 5.82 Å². The molecule has 2 nitrogen and oxygen atoms in total. The number of halogens is 3. The lowest BCUT2D eigenvalue weighted by atomic mass is 10.1. The summed E-state index contributed by atoms with van der Waals surface area (Å²) >= 11 is 0. The van der Waals surface area contributed by atoms with Crippen LogP contribution in [0.4, 0.5) is 13.2 Å². The third kappa shape index (κ3) is 2.28. The summed E-state index contributed by atoms with van der Waals surface area (Å²) in [5, 5.41) is 0.0837. The fourth-order valence-corrected chi connectivity index (χ4v) is 2.52. The maximum Gasteiger partial charge on any atom is 0.189 e. The van der Waals surface area contributed by atoms with Crippen LogP contribution in [0.2, 0.25) is 0 Å². The van der Waals surface area contributed by atoms with E-state index >= 15 is 0 Å². The molecule has 3 aromatic rings. The Morgan fingerprint density at radius 1 is 0.955 bits per heavy atom. The number of hydrogen-bond donors (Lipinski definition) is 0. The Kier molecular flexibility index (Phi) is 3.48. The van der Waals surface area contributed by atoms with E-state index in [1.165, 1.54) is 30.3 Å². The molecule has 0 aliphatic rings. The average molecular weight is 303 g/mol. The van der Waals surface area contributed by atoms with E-state index in [1.54, 1.807) is 4.57 Å². The van der Waals surface area contributed by atoms with Crippen molar-refractivity contribution in [3.63, 3.8) is 0 Å². The predicted molar refractivity (Wildman–Crippen MR) is 78.8 cm³/mol. The number of rotatable bonds is 2. The molecule has 22 heavy (non-hydrogen) atoms. The summed E-state index contributed by atoms with van der Waals surface area (Å²) < 4.78 is 41.8. The fourth-order valence-electron chi connectivity index (χ4n) is 2.52. The Morgan fingerprint density at radius 3 is 2.23 bits per heavy atom. The van der Waals surface area contributed by atoms with Crippen molar-refractivity contribution in [2.24, 2.45) is 0 Å². The molecule has 0 aliphatic carbocycles. The topological polar surface area (TPSA) is 22.0 Å². The van der Waals surface area contributed by atoms with Gasteiger partial charge in [0.05, 0.1) is 5.52 Å². The van der Waals surface area contributed by atoms with Gasteiger partial charge < -0.3 is 4.57 Å². The quantitative estimate of drug-likeness (QED) is 0.702. The minimum absolute atomic E-state index is 0.0837. The lowest BCUT2D eigenvalue weighted by Gasteiger charge is -2.16. The summed E-state index contributed by atoms with van der Waals surface area (Å²) in [4.78, 5) is 12.1. The Balaban J connectivity index is 2.45. The van der Waals surface area contributed by atoms with Crippen molar-refractivity contribution in [2.75, 3.05) is 0 Å². The van der Waals surface area contributed by atoms with Crippen molar-refractivity contribution in [3.8, 4) is 5.69 Å². The van der Waals surface area contributed by atoms with Crippen LogP contribution < -0.4 is 5.43 Å². The first-order chi connectivity index (χ1) is 10.5. The predicted octanol–water partition coefficient (Wildman–Crippen LogP) is 3.97. The van der Waals surface area contributed by atoms with Crippen LogP contribution in [0, 0.1) is 17.5 Å². The highest BCUT2D eigenvalue weighted by Gasteiger charge is 2.13. The van der Waals surface area contributed by atoms with Crippen molar-refractivity contribution < 1.29 is 13.2 Å². The van der Waals surface area contributed by atoms with Gasteiger partial charge in [0.2, 0.25) is 0 Å². The summed E-state index contributed by atoms with van der Waals surface area (Å²) in [6.07, 6.45) is 0.515. The summed E-state index contributed by atoms with van der Waals surface area (Å²) in [5.41, 5.74) is 1.10. The molecule has 3 rings (SSSR count). The van der Waals surface area contributed by atoms with Crippen LogP contribution >= 0.6 is 0 Å². The van der Waals surface area contributed by atoms with Crippen LogP contribution in [0.25, 0.3) is 16.6 Å². The molecule has 0 unspecified atom stereocenters. The van der Waals surface area contributed by atoms with Crippen LogP contribution in [0.5, 0.6) is 0 Å². The molecule has 0 radical (unpaired) electrons. The summed E-state index contributed by atoms with van der Waals surface area (Å²) in [5.74, 6) is -2.50. The molecule has 5 heteroatoms. The van der Waals surface area contributed by atoms with Crippen molar-refractivity contribution in [2.45, 2.75) is 13.3 Å². The lowest BCUT2D eigenvalue weighted by Crippen LogP contribution is -2.13. The van der Waals surface area contributed by atoms with E-state index in [0.717, 1.165) is 12.1 Å². The summed E-state index contributed by atoms with van der Waals surface area (Å²) in [6, 6.07) is 8.89. The van der Waals surface area contributed by atoms with Crippen LogP contribution in [-0.2, 0) is 6.42 Å². The van der Waals surface area contributed by atoms with E-state index in [1.807, 2.05) is 6.92 Å². The summed E-state index contributed by atoms with van der Waals surface area (Å²) in [6.45, 7) is 1.85. The first kappa shape index (κ1) is 14.4. The first-order valence-corrected chi connectivity index (χ1v) is 6.81. The van der Waals surface area contributed by atoms with E-state index in [2.05, 4.69) is 0 Å². The minimum Gasteiger partial charge on any atom is -0.313 e. The van der Waals surface area contributed by atoms with E-state index in [-0.39, 0.29) is 16.3 Å². The number of aryl methyl sites for hydroxylation is 1. The molecule has 0 spiro atoms. The number of aromatic nitrogens is 1. The largest absolute Gasteiger partial charge is 0.313 e. The third-order valence-corrected chi connectivity index (χ3v) is 3.58. The second-order valence-corrected chi connectivity index (χ2v) is 4.95. The van der Waals surface area contributed by atoms with E-state index in [9.17, 15) is 18.0 Å². The van der Waals surface area contributed by atoms with Crippen molar-refractivity contribution >= 4 is 10.9 Å². The molecule has 0 bridgehead atoms. The Bertz CT molecular complexity index is 914. The Hall–Kier alpha value is -2.56.